The van der Waals surface area contributed by atoms with Crippen molar-refractivity contribution in [3.05, 3.63) is 53.5 Å². The van der Waals surface area contributed by atoms with E-state index in [0.717, 1.165) is 12.8 Å². The van der Waals surface area contributed by atoms with Crippen molar-refractivity contribution < 1.29 is 27.9 Å². The number of piperidine rings is 1. The van der Waals surface area contributed by atoms with Crippen LogP contribution in [0.1, 0.15) is 34.5 Å². The summed E-state index contributed by atoms with van der Waals surface area (Å²) in [6, 6.07) is 7.52. The lowest BCUT2D eigenvalue weighted by Gasteiger charge is -2.32. The van der Waals surface area contributed by atoms with E-state index in [1.165, 1.54) is 28.2 Å². The molecule has 0 bridgehead atoms. The van der Waals surface area contributed by atoms with Gasteiger partial charge in [-0.15, -0.1) is 17.0 Å². The Labute approximate surface area is 224 Å². The van der Waals surface area contributed by atoms with E-state index in [2.05, 4.69) is 25.3 Å². The smallest absolute Gasteiger partial charge is 0.419 e. The van der Waals surface area contributed by atoms with Crippen LogP contribution in [-0.4, -0.2) is 72.1 Å². The lowest BCUT2D eigenvalue weighted by molar-refractivity contribution is 0.0934. The Morgan fingerprint density at radius 2 is 1.65 bits per heavy atom. The molecule has 0 saturated carbocycles. The van der Waals surface area contributed by atoms with Crippen LogP contribution < -0.4 is 20.1 Å². The van der Waals surface area contributed by atoms with Gasteiger partial charge >= 0.3 is 22.3 Å². The molecule has 1 aliphatic heterocycles. The van der Waals surface area contributed by atoms with Crippen molar-refractivity contribution in [1.82, 2.24) is 29.6 Å². The first-order valence-corrected chi connectivity index (χ1v) is 12.9. The summed E-state index contributed by atoms with van der Waals surface area (Å²) >= 11 is 0. The van der Waals surface area contributed by atoms with Crippen LogP contribution in [0.2, 0.25) is 0 Å². The third kappa shape index (κ3) is 7.60. The van der Waals surface area contributed by atoms with Gasteiger partial charge in [-0.3, -0.25) is 10.1 Å². The van der Waals surface area contributed by atoms with E-state index in [0.29, 0.717) is 25.9 Å². The number of carboxylic acid groups (broad SMARTS) is 1. The number of rotatable bonds is 7. The van der Waals surface area contributed by atoms with E-state index in [4.69, 9.17) is 5.11 Å². The molecule has 2 aromatic rings. The van der Waals surface area contributed by atoms with Crippen LogP contribution in [-0.2, 0) is 23.1 Å². The third-order valence-electron chi connectivity index (χ3n) is 6.21. The number of likely N-dealkylation sites (tertiary alicyclic amines) is 1. The van der Waals surface area contributed by atoms with Gasteiger partial charge in [-0.2, -0.15) is 13.1 Å². The number of nitrogens with zero attached hydrogens (tertiary/aromatic N) is 3. The number of urea groups is 1. The molecular weight excluding hydrogens is 570 g/mol. The molecule has 2 aliphatic rings. The van der Waals surface area contributed by atoms with Crippen LogP contribution in [0.25, 0.3) is 0 Å². The summed E-state index contributed by atoms with van der Waals surface area (Å²) in [5, 5.41) is 14.2. The Morgan fingerprint density at radius 1 is 1.03 bits per heavy atom. The summed E-state index contributed by atoms with van der Waals surface area (Å²) in [5.41, 5.74) is 2.42. The molecule has 200 valence electrons. The standard InChI is InChI=1S/C22H27N7O6S.BrH/c30-20(26-17-11-15-3-1-2-4-16(15)12-17)18-19(24-8-7-23-18)27-21(31)29-9-5-14(6-10-29)13-25-36(34,35)28-22(32)33;/h1-4,7-8,14,17,25,28H,5-6,9-13H2,(H,26,30)(H,32,33)(H,24,27,31);1H. The summed E-state index contributed by atoms with van der Waals surface area (Å²) in [4.78, 5) is 46.0. The Bertz CT molecular complexity index is 1230. The van der Waals surface area contributed by atoms with Gasteiger partial charge in [0.1, 0.15) is 0 Å². The molecule has 0 unspecified atom stereocenters. The van der Waals surface area contributed by atoms with Crippen molar-refractivity contribution in [3.8, 4) is 0 Å². The van der Waals surface area contributed by atoms with Crippen molar-refractivity contribution in [3.63, 3.8) is 0 Å². The van der Waals surface area contributed by atoms with E-state index in [-0.39, 0.29) is 47.0 Å². The number of benzene rings is 1. The summed E-state index contributed by atoms with van der Waals surface area (Å²) in [7, 11) is -4.13. The van der Waals surface area contributed by atoms with Gasteiger partial charge in [-0.1, -0.05) is 24.3 Å². The fraction of sp³-hybridized carbons (Fsp3) is 0.409. The highest BCUT2D eigenvalue weighted by molar-refractivity contribution is 8.93. The molecule has 0 atom stereocenters. The second-order valence-corrected chi connectivity index (χ2v) is 10.2. The maximum Gasteiger partial charge on any atom is 0.419 e. The molecule has 4 rings (SSSR count). The van der Waals surface area contributed by atoms with Gasteiger partial charge in [-0.05, 0) is 42.7 Å². The third-order valence-corrected chi connectivity index (χ3v) is 7.20. The monoisotopic (exact) mass is 597 g/mol. The van der Waals surface area contributed by atoms with E-state index in [9.17, 15) is 22.8 Å². The van der Waals surface area contributed by atoms with E-state index in [1.54, 1.807) is 4.90 Å². The number of nitrogens with one attached hydrogen (secondary N) is 4. The number of carbonyl (C=O) groups is 3. The van der Waals surface area contributed by atoms with Crippen LogP contribution in [0.15, 0.2) is 36.7 Å². The Hall–Kier alpha value is -3.30. The molecule has 2 heterocycles. The maximum atomic E-state index is 12.9. The molecule has 1 saturated heterocycles. The minimum atomic E-state index is -4.13. The zero-order valence-electron chi connectivity index (χ0n) is 19.7. The largest absolute Gasteiger partial charge is 0.464 e. The first kappa shape index (κ1) is 28.3. The number of hydrogen-bond acceptors (Lipinski definition) is 7. The average Bonchev–Trinajstić information content (AvgIpc) is 3.25. The van der Waals surface area contributed by atoms with E-state index >= 15 is 0 Å². The minimum Gasteiger partial charge on any atom is -0.464 e. The number of aromatic nitrogens is 2. The quantitative estimate of drug-likeness (QED) is 0.316. The topological polar surface area (TPSA) is 183 Å². The maximum absolute atomic E-state index is 12.9. The summed E-state index contributed by atoms with van der Waals surface area (Å²) < 4.78 is 26.8. The van der Waals surface area contributed by atoms with Gasteiger partial charge in [0.05, 0.1) is 0 Å². The zero-order valence-corrected chi connectivity index (χ0v) is 22.2. The van der Waals surface area contributed by atoms with Crippen LogP contribution in [0.4, 0.5) is 15.4 Å². The number of anilines is 1. The van der Waals surface area contributed by atoms with E-state index < -0.39 is 28.2 Å². The number of halogens is 1. The first-order valence-electron chi connectivity index (χ1n) is 11.4. The fourth-order valence-electron chi connectivity index (χ4n) is 4.41. The highest BCUT2D eigenvalue weighted by atomic mass is 79.9. The molecule has 1 fully saturated rings. The molecular formula is C22H28BrN7O6S. The van der Waals surface area contributed by atoms with Crippen molar-refractivity contribution in [2.24, 2.45) is 5.92 Å². The van der Waals surface area contributed by atoms with Crippen LogP contribution in [0.3, 0.4) is 0 Å². The number of hydrogen-bond donors (Lipinski definition) is 5. The fourth-order valence-corrected chi connectivity index (χ4v) is 5.17. The highest BCUT2D eigenvalue weighted by Crippen LogP contribution is 2.22. The summed E-state index contributed by atoms with van der Waals surface area (Å²) in [6.45, 7) is 0.761. The van der Waals surface area contributed by atoms with Crippen molar-refractivity contribution in [2.45, 2.75) is 31.7 Å². The van der Waals surface area contributed by atoms with Crippen molar-refractivity contribution >= 4 is 51.0 Å². The van der Waals surface area contributed by atoms with Crippen LogP contribution >= 0.6 is 17.0 Å². The van der Waals surface area contributed by atoms with Crippen molar-refractivity contribution in [2.75, 3.05) is 25.0 Å². The summed E-state index contributed by atoms with van der Waals surface area (Å²) in [6.07, 6.45) is 3.58. The highest BCUT2D eigenvalue weighted by Gasteiger charge is 2.28. The van der Waals surface area contributed by atoms with Gasteiger partial charge < -0.3 is 15.3 Å². The van der Waals surface area contributed by atoms with Crippen LogP contribution in [0.5, 0.6) is 0 Å². The predicted molar refractivity (Wildman–Crippen MR) is 139 cm³/mol. The van der Waals surface area contributed by atoms with E-state index in [1.807, 2.05) is 24.3 Å². The number of amides is 4. The van der Waals surface area contributed by atoms with Gasteiger partial charge in [-0.25, -0.2) is 24.3 Å². The lowest BCUT2D eigenvalue weighted by atomic mass is 9.97. The molecule has 15 heteroatoms. The van der Waals surface area contributed by atoms with Crippen molar-refractivity contribution in [1.29, 1.82) is 0 Å². The van der Waals surface area contributed by atoms with Gasteiger partial charge in [0.25, 0.3) is 5.91 Å². The predicted octanol–water partition coefficient (Wildman–Crippen LogP) is 1.30. The lowest BCUT2D eigenvalue weighted by Crippen LogP contribution is -2.46. The molecule has 5 N–H and O–H groups in total. The van der Waals surface area contributed by atoms with Gasteiger partial charge in [0.2, 0.25) is 0 Å². The number of carbonyl (C=O) groups excluding carboxylic acids is 2. The molecule has 4 amide bonds. The zero-order chi connectivity index (χ0) is 25.7. The SMILES string of the molecule is Br.O=C(O)NS(=O)(=O)NCC1CCN(C(=O)Nc2nccnc2C(=O)NC2Cc3ccccc3C2)CC1. The Kier molecular flexibility index (Phi) is 9.39. The second kappa shape index (κ2) is 12.3. The number of fused-ring (bicyclic) bond motifs is 1. The Morgan fingerprint density at radius 3 is 2.27 bits per heavy atom. The average molecular weight is 598 g/mol. The normalized spacial score (nSPS) is 15.8. The summed E-state index contributed by atoms with van der Waals surface area (Å²) in [5.74, 6) is -0.421. The first-order chi connectivity index (χ1) is 17.2. The molecule has 37 heavy (non-hydrogen) atoms. The molecule has 0 radical (unpaired) electrons. The molecule has 1 aliphatic carbocycles. The Balaban J connectivity index is 0.00000380. The van der Waals surface area contributed by atoms with Crippen LogP contribution in [0, 0.1) is 5.92 Å². The molecule has 13 nitrogen and oxygen atoms in total. The minimum absolute atomic E-state index is 0. The molecule has 1 aromatic carbocycles. The molecule has 0 spiro atoms. The molecule has 1 aromatic heterocycles. The van der Waals surface area contributed by atoms with Gasteiger partial charge in [0.15, 0.2) is 11.5 Å². The second-order valence-electron chi connectivity index (χ2n) is 8.72. The van der Waals surface area contributed by atoms with Gasteiger partial charge in [0, 0.05) is 38.1 Å².